The molecule has 1 aromatic carbocycles. The van der Waals surface area contributed by atoms with Crippen molar-refractivity contribution in [2.75, 3.05) is 0 Å². The van der Waals surface area contributed by atoms with Crippen molar-refractivity contribution in [3.8, 4) is 0 Å². The SMILES string of the molecule is Cc1nc(CNC(=O)NCc2cccc(C(=O)O)c2)cs1. The molecule has 0 aliphatic carbocycles. The summed E-state index contributed by atoms with van der Waals surface area (Å²) in [5.41, 5.74) is 1.75. The minimum absolute atomic E-state index is 0.202. The van der Waals surface area contributed by atoms with Crippen LogP contribution in [-0.4, -0.2) is 22.1 Å². The van der Waals surface area contributed by atoms with E-state index in [1.807, 2.05) is 12.3 Å². The number of benzene rings is 1. The van der Waals surface area contributed by atoms with Crippen LogP contribution in [0.5, 0.6) is 0 Å². The predicted molar refractivity (Wildman–Crippen MR) is 79.3 cm³/mol. The van der Waals surface area contributed by atoms with E-state index in [0.29, 0.717) is 6.54 Å². The van der Waals surface area contributed by atoms with Crippen LogP contribution in [0.15, 0.2) is 29.6 Å². The number of hydrogen-bond acceptors (Lipinski definition) is 4. The van der Waals surface area contributed by atoms with Gasteiger partial charge >= 0.3 is 12.0 Å². The summed E-state index contributed by atoms with van der Waals surface area (Å²) in [5.74, 6) is -0.986. The van der Waals surface area contributed by atoms with Crippen molar-refractivity contribution in [3.63, 3.8) is 0 Å². The van der Waals surface area contributed by atoms with Gasteiger partial charge in [-0.1, -0.05) is 12.1 Å². The Kier molecular flexibility index (Phi) is 4.89. The van der Waals surface area contributed by atoms with Gasteiger partial charge in [0.2, 0.25) is 0 Å². The number of thiazole rings is 1. The molecular weight excluding hydrogens is 290 g/mol. The molecule has 0 aliphatic rings. The summed E-state index contributed by atoms with van der Waals surface area (Å²) >= 11 is 1.53. The molecule has 0 bridgehead atoms. The number of rotatable bonds is 5. The number of urea groups is 1. The van der Waals surface area contributed by atoms with Crippen LogP contribution in [0.2, 0.25) is 0 Å². The average Bonchev–Trinajstić information content (AvgIpc) is 2.89. The highest BCUT2D eigenvalue weighted by atomic mass is 32.1. The van der Waals surface area contributed by atoms with Gasteiger partial charge in [0.15, 0.2) is 0 Å². The van der Waals surface area contributed by atoms with Gasteiger partial charge in [-0.05, 0) is 24.6 Å². The second-order valence-electron chi connectivity index (χ2n) is 4.40. The molecule has 1 aromatic heterocycles. The summed E-state index contributed by atoms with van der Waals surface area (Å²) in [6, 6.07) is 6.14. The zero-order valence-corrected chi connectivity index (χ0v) is 12.2. The third-order valence-electron chi connectivity index (χ3n) is 2.72. The minimum atomic E-state index is -0.986. The molecule has 0 atom stereocenters. The first kappa shape index (κ1) is 15.0. The molecule has 2 amide bonds. The molecule has 1 heterocycles. The fourth-order valence-electron chi connectivity index (χ4n) is 1.72. The first-order valence-corrected chi connectivity index (χ1v) is 7.17. The van der Waals surface area contributed by atoms with Gasteiger partial charge in [-0.25, -0.2) is 14.6 Å². The minimum Gasteiger partial charge on any atom is -0.478 e. The van der Waals surface area contributed by atoms with Crippen LogP contribution in [0, 0.1) is 6.92 Å². The highest BCUT2D eigenvalue weighted by Gasteiger charge is 2.05. The maximum Gasteiger partial charge on any atom is 0.335 e. The maximum absolute atomic E-state index is 11.7. The molecule has 21 heavy (non-hydrogen) atoms. The van der Waals surface area contributed by atoms with E-state index < -0.39 is 5.97 Å². The highest BCUT2D eigenvalue weighted by Crippen LogP contribution is 2.07. The Labute approximate surface area is 125 Å². The van der Waals surface area contributed by atoms with Crippen LogP contribution >= 0.6 is 11.3 Å². The molecule has 0 radical (unpaired) electrons. The number of carboxylic acid groups (broad SMARTS) is 1. The normalized spacial score (nSPS) is 10.1. The Morgan fingerprint density at radius 3 is 2.71 bits per heavy atom. The van der Waals surface area contributed by atoms with Crippen molar-refractivity contribution in [1.82, 2.24) is 15.6 Å². The number of carbonyl (C=O) groups is 2. The largest absolute Gasteiger partial charge is 0.478 e. The van der Waals surface area contributed by atoms with Gasteiger partial charge in [0.25, 0.3) is 0 Å². The number of carbonyl (C=O) groups excluding carboxylic acids is 1. The number of aromatic carboxylic acids is 1. The van der Waals surface area contributed by atoms with E-state index in [1.54, 1.807) is 12.1 Å². The van der Waals surface area contributed by atoms with Crippen LogP contribution in [0.1, 0.15) is 26.6 Å². The number of hydrogen-bond donors (Lipinski definition) is 3. The molecule has 0 unspecified atom stereocenters. The fourth-order valence-corrected chi connectivity index (χ4v) is 2.33. The monoisotopic (exact) mass is 305 g/mol. The maximum atomic E-state index is 11.7. The van der Waals surface area contributed by atoms with Gasteiger partial charge in [-0.15, -0.1) is 11.3 Å². The Morgan fingerprint density at radius 2 is 2.05 bits per heavy atom. The predicted octanol–water partition coefficient (Wildman–Crippen LogP) is 2.15. The van der Waals surface area contributed by atoms with E-state index >= 15 is 0 Å². The number of nitrogens with one attached hydrogen (secondary N) is 2. The van der Waals surface area contributed by atoms with E-state index in [1.165, 1.54) is 23.5 Å². The third kappa shape index (κ3) is 4.57. The topological polar surface area (TPSA) is 91.3 Å². The lowest BCUT2D eigenvalue weighted by Crippen LogP contribution is -2.34. The second-order valence-corrected chi connectivity index (χ2v) is 5.46. The van der Waals surface area contributed by atoms with Crippen LogP contribution < -0.4 is 10.6 Å². The quantitative estimate of drug-likeness (QED) is 0.789. The van der Waals surface area contributed by atoms with Crippen molar-refractivity contribution in [3.05, 3.63) is 51.5 Å². The summed E-state index contributed by atoms with van der Waals surface area (Å²) in [6.07, 6.45) is 0. The number of aromatic nitrogens is 1. The lowest BCUT2D eigenvalue weighted by Gasteiger charge is -2.07. The lowest BCUT2D eigenvalue weighted by atomic mass is 10.1. The molecule has 2 aromatic rings. The lowest BCUT2D eigenvalue weighted by molar-refractivity contribution is 0.0696. The molecule has 0 saturated heterocycles. The van der Waals surface area contributed by atoms with Crippen molar-refractivity contribution in [2.24, 2.45) is 0 Å². The molecule has 110 valence electrons. The van der Waals surface area contributed by atoms with Gasteiger partial charge in [0.1, 0.15) is 0 Å². The van der Waals surface area contributed by atoms with Crippen LogP contribution in [0.4, 0.5) is 4.79 Å². The summed E-state index contributed by atoms with van der Waals surface area (Å²) < 4.78 is 0. The summed E-state index contributed by atoms with van der Waals surface area (Å²) in [4.78, 5) is 26.7. The number of carboxylic acids is 1. The van der Waals surface area contributed by atoms with E-state index in [9.17, 15) is 9.59 Å². The molecule has 0 aliphatic heterocycles. The molecule has 0 spiro atoms. The van der Waals surface area contributed by atoms with Gasteiger partial charge in [0.05, 0.1) is 22.8 Å². The molecular formula is C14H15N3O3S. The van der Waals surface area contributed by atoms with Crippen LogP contribution in [0.25, 0.3) is 0 Å². The molecule has 0 saturated carbocycles. The molecule has 6 nitrogen and oxygen atoms in total. The van der Waals surface area contributed by atoms with Gasteiger partial charge in [-0.3, -0.25) is 0 Å². The Bertz CT molecular complexity index is 654. The molecule has 2 rings (SSSR count). The first-order valence-electron chi connectivity index (χ1n) is 6.29. The second kappa shape index (κ2) is 6.85. The van der Waals surface area contributed by atoms with Crippen molar-refractivity contribution in [1.29, 1.82) is 0 Å². The standard InChI is InChI=1S/C14H15N3O3S/c1-9-17-12(8-21-9)7-16-14(20)15-6-10-3-2-4-11(5-10)13(18)19/h2-5,8H,6-7H2,1H3,(H,18,19)(H2,15,16,20). The van der Waals surface area contributed by atoms with E-state index in [4.69, 9.17) is 5.11 Å². The van der Waals surface area contributed by atoms with E-state index in [0.717, 1.165) is 16.3 Å². The van der Waals surface area contributed by atoms with Crippen molar-refractivity contribution in [2.45, 2.75) is 20.0 Å². The van der Waals surface area contributed by atoms with Gasteiger partial charge in [0, 0.05) is 11.9 Å². The fraction of sp³-hybridized carbons (Fsp3) is 0.214. The molecule has 0 fully saturated rings. The van der Waals surface area contributed by atoms with Crippen molar-refractivity contribution < 1.29 is 14.7 Å². The summed E-state index contributed by atoms with van der Waals surface area (Å²) in [6.45, 7) is 2.54. The van der Waals surface area contributed by atoms with Crippen LogP contribution in [-0.2, 0) is 13.1 Å². The van der Waals surface area contributed by atoms with E-state index in [2.05, 4.69) is 15.6 Å². The van der Waals surface area contributed by atoms with Crippen molar-refractivity contribution >= 4 is 23.3 Å². The Morgan fingerprint density at radius 1 is 1.29 bits per heavy atom. The first-order chi connectivity index (χ1) is 10.0. The third-order valence-corrected chi connectivity index (χ3v) is 3.55. The highest BCUT2D eigenvalue weighted by molar-refractivity contribution is 7.09. The number of nitrogens with zero attached hydrogens (tertiary/aromatic N) is 1. The smallest absolute Gasteiger partial charge is 0.335 e. The van der Waals surface area contributed by atoms with Crippen LogP contribution in [0.3, 0.4) is 0 Å². The Hall–Kier alpha value is -2.41. The molecule has 3 N–H and O–H groups in total. The summed E-state index contributed by atoms with van der Waals surface area (Å²) in [5, 5.41) is 17.1. The summed E-state index contributed by atoms with van der Waals surface area (Å²) in [7, 11) is 0. The van der Waals surface area contributed by atoms with Gasteiger partial charge < -0.3 is 15.7 Å². The number of amides is 2. The van der Waals surface area contributed by atoms with E-state index in [-0.39, 0.29) is 18.1 Å². The zero-order valence-electron chi connectivity index (χ0n) is 11.4. The Balaban J connectivity index is 1.81. The molecule has 7 heteroatoms. The average molecular weight is 305 g/mol. The number of aryl methyl sites for hydroxylation is 1. The zero-order chi connectivity index (χ0) is 15.2. The van der Waals surface area contributed by atoms with Gasteiger partial charge in [-0.2, -0.15) is 0 Å².